The van der Waals surface area contributed by atoms with Gasteiger partial charge in [-0.25, -0.2) is 9.37 Å². The third-order valence-corrected chi connectivity index (χ3v) is 6.46. The fourth-order valence-electron chi connectivity index (χ4n) is 4.49. The molecule has 10 nitrogen and oxygen atoms in total. The highest BCUT2D eigenvalue weighted by Gasteiger charge is 2.39. The zero-order chi connectivity index (χ0) is 23.8. The zero-order valence-corrected chi connectivity index (χ0v) is 18.7. The van der Waals surface area contributed by atoms with Crippen LogP contribution >= 0.6 is 0 Å². The van der Waals surface area contributed by atoms with Crippen LogP contribution in [0.2, 0.25) is 0 Å². The molecule has 3 aromatic heterocycles. The van der Waals surface area contributed by atoms with Crippen molar-refractivity contribution in [1.29, 1.82) is 5.26 Å². The summed E-state index contributed by atoms with van der Waals surface area (Å²) in [6, 6.07) is 6.97. The molecule has 2 saturated carbocycles. The molecular formula is C23H25FN8O2. The van der Waals surface area contributed by atoms with Gasteiger partial charge in [0.1, 0.15) is 29.1 Å². The van der Waals surface area contributed by atoms with Gasteiger partial charge in [-0.1, -0.05) is 6.42 Å². The quantitative estimate of drug-likeness (QED) is 0.512. The summed E-state index contributed by atoms with van der Waals surface area (Å²) in [7, 11) is 1.71. The van der Waals surface area contributed by atoms with E-state index >= 15 is 0 Å². The second kappa shape index (κ2) is 8.78. The highest BCUT2D eigenvalue weighted by molar-refractivity contribution is 6.00. The van der Waals surface area contributed by atoms with E-state index in [-0.39, 0.29) is 28.7 Å². The minimum Gasteiger partial charge on any atom is -0.373 e. The van der Waals surface area contributed by atoms with Gasteiger partial charge >= 0.3 is 0 Å². The highest BCUT2D eigenvalue weighted by Crippen LogP contribution is 2.31. The van der Waals surface area contributed by atoms with Crippen molar-refractivity contribution in [2.24, 2.45) is 5.92 Å². The fraction of sp³-hybridized carbons (Fsp3) is 0.435. The lowest BCUT2D eigenvalue weighted by atomic mass is 9.86. The molecule has 34 heavy (non-hydrogen) atoms. The van der Waals surface area contributed by atoms with Gasteiger partial charge in [0.25, 0.3) is 11.5 Å². The molecule has 4 atom stereocenters. The lowest BCUT2D eigenvalue weighted by Gasteiger charge is -2.27. The summed E-state index contributed by atoms with van der Waals surface area (Å²) in [6.45, 7) is 0. The number of pyridine rings is 1. The van der Waals surface area contributed by atoms with Crippen LogP contribution in [0.25, 0.3) is 5.65 Å². The first-order valence-corrected chi connectivity index (χ1v) is 11.4. The van der Waals surface area contributed by atoms with Crippen molar-refractivity contribution in [3.8, 4) is 6.07 Å². The van der Waals surface area contributed by atoms with Crippen molar-refractivity contribution in [3.63, 3.8) is 0 Å². The van der Waals surface area contributed by atoms with Gasteiger partial charge in [-0.05, 0) is 31.4 Å². The maximum Gasteiger partial charge on any atom is 0.274 e. The van der Waals surface area contributed by atoms with Crippen molar-refractivity contribution in [2.75, 3.05) is 17.7 Å². The van der Waals surface area contributed by atoms with E-state index in [0.29, 0.717) is 30.2 Å². The van der Waals surface area contributed by atoms with E-state index < -0.39 is 18.1 Å². The molecule has 2 aliphatic carbocycles. The van der Waals surface area contributed by atoms with Gasteiger partial charge in [0, 0.05) is 37.7 Å². The maximum atomic E-state index is 13.2. The van der Waals surface area contributed by atoms with Crippen LogP contribution in [0.4, 0.5) is 21.7 Å². The third-order valence-electron chi connectivity index (χ3n) is 6.46. The second-order valence-corrected chi connectivity index (χ2v) is 8.81. The molecule has 11 heteroatoms. The van der Waals surface area contributed by atoms with E-state index in [4.69, 9.17) is 0 Å². The zero-order valence-electron chi connectivity index (χ0n) is 18.7. The first kappa shape index (κ1) is 21.9. The SMILES string of the molecule is CNc1cc(Nc2cccn([C@@H]3CCC[C@H](C#N)C3)c2=O)nc2c(C(=O)N[C@@H]3C[C@@H]3F)cnn12. The monoisotopic (exact) mass is 464 g/mol. The Labute approximate surface area is 194 Å². The minimum atomic E-state index is -1.02. The Bertz CT molecular complexity index is 1340. The number of anilines is 3. The van der Waals surface area contributed by atoms with Crippen LogP contribution in [0.3, 0.4) is 0 Å². The predicted molar refractivity (Wildman–Crippen MR) is 124 cm³/mol. The summed E-state index contributed by atoms with van der Waals surface area (Å²) in [5, 5.41) is 22.3. The summed E-state index contributed by atoms with van der Waals surface area (Å²) in [5.74, 6) is 0.425. The number of carbonyl (C=O) groups is 1. The maximum absolute atomic E-state index is 13.2. The number of rotatable bonds is 6. The normalized spacial score (nSPS) is 23.8. The molecule has 5 rings (SSSR count). The molecule has 0 aliphatic heterocycles. The summed E-state index contributed by atoms with van der Waals surface area (Å²) in [5.41, 5.74) is 0.634. The van der Waals surface area contributed by atoms with Crippen LogP contribution in [0, 0.1) is 17.2 Å². The number of nitrogens with zero attached hydrogens (tertiary/aromatic N) is 5. The molecule has 0 saturated heterocycles. The average molecular weight is 465 g/mol. The average Bonchev–Trinajstić information content (AvgIpc) is 3.36. The van der Waals surface area contributed by atoms with Gasteiger partial charge in [-0.2, -0.15) is 14.9 Å². The van der Waals surface area contributed by atoms with Crippen molar-refractivity contribution in [1.82, 2.24) is 24.5 Å². The summed E-state index contributed by atoms with van der Waals surface area (Å²) < 4.78 is 16.4. The molecule has 3 heterocycles. The van der Waals surface area contributed by atoms with Crippen molar-refractivity contribution in [3.05, 3.63) is 46.5 Å². The molecule has 0 radical (unpaired) electrons. The van der Waals surface area contributed by atoms with Crippen LogP contribution in [0.15, 0.2) is 35.4 Å². The van der Waals surface area contributed by atoms with Crippen LogP contribution in [0.5, 0.6) is 0 Å². The predicted octanol–water partition coefficient (Wildman–Crippen LogP) is 2.77. The fourth-order valence-corrected chi connectivity index (χ4v) is 4.49. The number of halogens is 1. The molecule has 2 aliphatic rings. The molecule has 1 amide bonds. The van der Waals surface area contributed by atoms with Gasteiger partial charge in [0.2, 0.25) is 0 Å². The Morgan fingerprint density at radius 2 is 2.15 bits per heavy atom. The Morgan fingerprint density at radius 1 is 1.32 bits per heavy atom. The second-order valence-electron chi connectivity index (χ2n) is 8.81. The number of hydrogen-bond acceptors (Lipinski definition) is 7. The Hall–Kier alpha value is -3.94. The van der Waals surface area contributed by atoms with E-state index in [9.17, 15) is 19.2 Å². The molecule has 3 N–H and O–H groups in total. The molecular weight excluding hydrogens is 439 g/mol. The van der Waals surface area contributed by atoms with E-state index in [2.05, 4.69) is 32.1 Å². The number of alkyl halides is 1. The van der Waals surface area contributed by atoms with Crippen molar-refractivity contribution in [2.45, 2.75) is 50.4 Å². The van der Waals surface area contributed by atoms with E-state index in [1.807, 2.05) is 0 Å². The van der Waals surface area contributed by atoms with Gasteiger partial charge in [-0.3, -0.25) is 9.59 Å². The first-order valence-electron chi connectivity index (χ1n) is 11.4. The Kier molecular flexibility index (Phi) is 5.65. The molecule has 2 fully saturated rings. The number of aromatic nitrogens is 4. The number of nitriles is 1. The van der Waals surface area contributed by atoms with Crippen molar-refractivity contribution >= 4 is 28.9 Å². The van der Waals surface area contributed by atoms with E-state index in [1.165, 1.54) is 10.7 Å². The molecule has 0 bridgehead atoms. The molecule has 176 valence electrons. The summed E-state index contributed by atoms with van der Waals surface area (Å²) >= 11 is 0. The van der Waals surface area contributed by atoms with Crippen LogP contribution in [-0.2, 0) is 0 Å². The third kappa shape index (κ3) is 4.07. The number of hydrogen-bond donors (Lipinski definition) is 3. The number of nitrogens with one attached hydrogen (secondary N) is 3. The standard InChI is InChI=1S/C23H25FN8O2/c1-26-20-10-19(30-21-15(12-27-32(20)21)22(33)29-18-9-16(18)24)28-17-6-3-7-31(23(17)34)14-5-2-4-13(8-14)11-25/h3,6-7,10,12-14,16,18,26H,2,4-5,8-9H2,1H3,(H,28,30)(H,29,33)/t13-,14+,16-,18+/m0/s1. The highest BCUT2D eigenvalue weighted by atomic mass is 19.1. The summed E-state index contributed by atoms with van der Waals surface area (Å²) in [4.78, 5) is 30.4. The van der Waals surface area contributed by atoms with Crippen LogP contribution < -0.4 is 21.5 Å². The Balaban J connectivity index is 1.46. The van der Waals surface area contributed by atoms with Gasteiger partial charge < -0.3 is 20.5 Å². The lowest BCUT2D eigenvalue weighted by molar-refractivity contribution is 0.0949. The topological polar surface area (TPSA) is 129 Å². The Morgan fingerprint density at radius 3 is 2.88 bits per heavy atom. The largest absolute Gasteiger partial charge is 0.373 e. The van der Waals surface area contributed by atoms with E-state index in [0.717, 1.165) is 19.3 Å². The molecule has 0 spiro atoms. The summed E-state index contributed by atoms with van der Waals surface area (Å²) in [6.07, 6.45) is 5.72. The number of fused-ring (bicyclic) bond motifs is 1. The lowest BCUT2D eigenvalue weighted by Crippen LogP contribution is -2.29. The van der Waals surface area contributed by atoms with E-state index in [1.54, 1.807) is 36.0 Å². The van der Waals surface area contributed by atoms with Crippen molar-refractivity contribution < 1.29 is 9.18 Å². The van der Waals surface area contributed by atoms with Gasteiger partial charge in [-0.15, -0.1) is 0 Å². The number of carbonyl (C=O) groups excluding carboxylic acids is 1. The molecule has 3 aromatic rings. The first-order chi connectivity index (χ1) is 16.5. The smallest absolute Gasteiger partial charge is 0.274 e. The molecule has 0 unspecified atom stereocenters. The molecule has 0 aromatic carbocycles. The van der Waals surface area contributed by atoms with Gasteiger partial charge in [0.15, 0.2) is 5.65 Å². The van der Waals surface area contributed by atoms with Gasteiger partial charge in [0.05, 0.1) is 18.3 Å². The van der Waals surface area contributed by atoms with Crippen LogP contribution in [0.1, 0.15) is 48.5 Å². The van der Waals surface area contributed by atoms with Crippen LogP contribution in [-0.4, -0.2) is 44.3 Å². The number of amides is 1. The minimum absolute atomic E-state index is 0.0251.